The van der Waals surface area contributed by atoms with Gasteiger partial charge in [0.1, 0.15) is 0 Å². The third kappa shape index (κ3) is 5.25. The number of carbonyl (C=O) groups is 1. The number of benzene rings is 2. The summed E-state index contributed by atoms with van der Waals surface area (Å²) in [7, 11) is 7.22. The van der Waals surface area contributed by atoms with Gasteiger partial charge in [0.25, 0.3) is 0 Å². The number of anilines is 1. The van der Waals surface area contributed by atoms with Crippen LogP contribution in [-0.4, -0.2) is 57.2 Å². The smallest absolute Gasteiger partial charge is 0.229 e. The maximum atomic E-state index is 13.1. The highest BCUT2D eigenvalue weighted by atomic mass is 32.1. The summed E-state index contributed by atoms with van der Waals surface area (Å²) in [4.78, 5) is 21.7. The first kappa shape index (κ1) is 21.1. The number of fused-ring (bicyclic) bond motifs is 1. The number of aromatic nitrogens is 1. The number of nitrogens with zero attached hydrogens (tertiary/aromatic N) is 3. The molecule has 0 bridgehead atoms. The van der Waals surface area contributed by atoms with Gasteiger partial charge in [0.05, 0.1) is 24.4 Å². The molecule has 1 aromatic heterocycles. The van der Waals surface area contributed by atoms with Crippen molar-refractivity contribution in [2.24, 2.45) is 0 Å². The van der Waals surface area contributed by atoms with Gasteiger partial charge in [-0.05, 0) is 26.1 Å². The molecule has 0 atom stereocenters. The number of rotatable bonds is 9. The fraction of sp³-hybridized carbons (Fsp3) is 0.364. The molecule has 0 radical (unpaired) electrons. The molecule has 0 aliphatic carbocycles. The van der Waals surface area contributed by atoms with E-state index in [2.05, 4.69) is 4.90 Å². The molecule has 6 nitrogen and oxygen atoms in total. The first-order valence-corrected chi connectivity index (χ1v) is 10.3. The van der Waals surface area contributed by atoms with E-state index in [1.54, 1.807) is 19.1 Å². The Balaban J connectivity index is 1.86. The number of likely N-dealkylation sites (N-methyl/N-ethyl adjacent to an activating group) is 1. The first-order chi connectivity index (χ1) is 14.0. The molecule has 0 N–H and O–H groups in total. The molecule has 3 aromatic rings. The maximum Gasteiger partial charge on any atom is 0.229 e. The summed E-state index contributed by atoms with van der Waals surface area (Å²) in [5.74, 6) is 1.37. The maximum absolute atomic E-state index is 13.1. The van der Waals surface area contributed by atoms with Crippen LogP contribution in [0.25, 0.3) is 10.2 Å². The van der Waals surface area contributed by atoms with Gasteiger partial charge in [0, 0.05) is 31.6 Å². The SMILES string of the molecule is COc1cc2nc(N(CCN(C)C)C(=O)CCc3ccccc3)sc2cc1OC. The van der Waals surface area contributed by atoms with Crippen molar-refractivity contribution in [3.63, 3.8) is 0 Å². The van der Waals surface area contributed by atoms with Gasteiger partial charge in [0.15, 0.2) is 16.6 Å². The van der Waals surface area contributed by atoms with E-state index in [1.807, 2.05) is 56.6 Å². The van der Waals surface area contributed by atoms with Gasteiger partial charge in [-0.15, -0.1) is 0 Å². The van der Waals surface area contributed by atoms with Crippen LogP contribution in [0.2, 0.25) is 0 Å². The van der Waals surface area contributed by atoms with E-state index >= 15 is 0 Å². The van der Waals surface area contributed by atoms with Crippen LogP contribution in [0.3, 0.4) is 0 Å². The Bertz CT molecular complexity index is 916. The minimum absolute atomic E-state index is 0.0775. The van der Waals surface area contributed by atoms with Gasteiger partial charge in [0.2, 0.25) is 5.91 Å². The largest absolute Gasteiger partial charge is 0.493 e. The molecular weight excluding hydrogens is 386 g/mol. The molecule has 7 heteroatoms. The summed E-state index contributed by atoms with van der Waals surface area (Å²) in [5, 5.41) is 0.704. The molecule has 154 valence electrons. The van der Waals surface area contributed by atoms with E-state index in [0.717, 1.165) is 22.3 Å². The van der Waals surface area contributed by atoms with Crippen LogP contribution in [0.5, 0.6) is 11.5 Å². The minimum Gasteiger partial charge on any atom is -0.493 e. The highest BCUT2D eigenvalue weighted by Gasteiger charge is 2.21. The number of methoxy groups -OCH3 is 2. The van der Waals surface area contributed by atoms with Crippen molar-refractivity contribution in [3.05, 3.63) is 48.0 Å². The lowest BCUT2D eigenvalue weighted by atomic mass is 10.1. The van der Waals surface area contributed by atoms with Crippen molar-refractivity contribution in [1.29, 1.82) is 0 Å². The van der Waals surface area contributed by atoms with E-state index in [4.69, 9.17) is 14.5 Å². The van der Waals surface area contributed by atoms with E-state index in [0.29, 0.717) is 36.0 Å². The molecular formula is C22H27N3O3S. The Labute approximate surface area is 175 Å². The van der Waals surface area contributed by atoms with E-state index in [9.17, 15) is 4.79 Å². The molecule has 3 rings (SSSR count). The van der Waals surface area contributed by atoms with Gasteiger partial charge in [-0.25, -0.2) is 4.98 Å². The Kier molecular flexibility index (Phi) is 7.06. The molecule has 0 aliphatic heterocycles. The summed E-state index contributed by atoms with van der Waals surface area (Å²) < 4.78 is 11.7. The Hall–Kier alpha value is -2.64. The van der Waals surface area contributed by atoms with Crippen molar-refractivity contribution in [2.75, 3.05) is 46.3 Å². The predicted molar refractivity (Wildman–Crippen MR) is 118 cm³/mol. The van der Waals surface area contributed by atoms with Crippen LogP contribution in [0.1, 0.15) is 12.0 Å². The summed E-state index contributed by atoms with van der Waals surface area (Å²) in [6, 6.07) is 13.8. The van der Waals surface area contributed by atoms with Gasteiger partial charge in [-0.2, -0.15) is 0 Å². The monoisotopic (exact) mass is 413 g/mol. The molecule has 0 aliphatic rings. The number of hydrogen-bond acceptors (Lipinski definition) is 6. The molecule has 0 spiro atoms. The zero-order valence-corrected chi connectivity index (χ0v) is 18.2. The average molecular weight is 414 g/mol. The Morgan fingerprint density at radius 3 is 2.38 bits per heavy atom. The second kappa shape index (κ2) is 9.71. The average Bonchev–Trinajstić information content (AvgIpc) is 3.14. The van der Waals surface area contributed by atoms with Crippen molar-refractivity contribution in [3.8, 4) is 11.5 Å². The zero-order valence-electron chi connectivity index (χ0n) is 17.3. The molecule has 1 heterocycles. The molecule has 0 unspecified atom stereocenters. The van der Waals surface area contributed by atoms with Gasteiger partial charge in [-0.1, -0.05) is 41.7 Å². The number of ether oxygens (including phenoxy) is 2. The Morgan fingerprint density at radius 2 is 1.72 bits per heavy atom. The highest BCUT2D eigenvalue weighted by Crippen LogP contribution is 2.37. The third-order valence-electron chi connectivity index (χ3n) is 4.66. The molecule has 2 aromatic carbocycles. The van der Waals surface area contributed by atoms with Gasteiger partial charge >= 0.3 is 0 Å². The van der Waals surface area contributed by atoms with Crippen LogP contribution in [0, 0.1) is 0 Å². The molecule has 1 amide bonds. The van der Waals surface area contributed by atoms with Crippen LogP contribution in [0.15, 0.2) is 42.5 Å². The lowest BCUT2D eigenvalue weighted by molar-refractivity contribution is -0.118. The normalized spacial score (nSPS) is 11.1. The third-order valence-corrected chi connectivity index (χ3v) is 5.70. The van der Waals surface area contributed by atoms with Crippen molar-refractivity contribution < 1.29 is 14.3 Å². The van der Waals surface area contributed by atoms with Crippen LogP contribution in [-0.2, 0) is 11.2 Å². The van der Waals surface area contributed by atoms with Crippen molar-refractivity contribution in [1.82, 2.24) is 9.88 Å². The number of aryl methyl sites for hydroxylation is 1. The fourth-order valence-electron chi connectivity index (χ4n) is 3.02. The van der Waals surface area contributed by atoms with E-state index < -0.39 is 0 Å². The zero-order chi connectivity index (χ0) is 20.8. The predicted octanol–water partition coefficient (Wildman–Crippen LogP) is 3.84. The molecule has 0 fully saturated rings. The molecule has 0 saturated heterocycles. The first-order valence-electron chi connectivity index (χ1n) is 9.53. The summed E-state index contributed by atoms with van der Waals surface area (Å²) in [5.41, 5.74) is 1.96. The second-order valence-corrected chi connectivity index (χ2v) is 8.01. The molecule has 29 heavy (non-hydrogen) atoms. The van der Waals surface area contributed by atoms with Crippen LogP contribution < -0.4 is 14.4 Å². The van der Waals surface area contributed by atoms with Crippen molar-refractivity contribution in [2.45, 2.75) is 12.8 Å². The summed E-state index contributed by atoms with van der Waals surface area (Å²) >= 11 is 1.50. The quantitative estimate of drug-likeness (QED) is 0.533. The van der Waals surface area contributed by atoms with E-state index in [-0.39, 0.29) is 5.91 Å². The van der Waals surface area contributed by atoms with Gasteiger partial charge < -0.3 is 14.4 Å². The van der Waals surface area contributed by atoms with Crippen molar-refractivity contribution >= 4 is 32.6 Å². The minimum atomic E-state index is 0.0775. The topological polar surface area (TPSA) is 54.9 Å². The lowest BCUT2D eigenvalue weighted by Gasteiger charge is -2.22. The number of hydrogen-bond donors (Lipinski definition) is 0. The number of thiazole rings is 1. The van der Waals surface area contributed by atoms with Crippen LogP contribution >= 0.6 is 11.3 Å². The fourth-order valence-corrected chi connectivity index (χ4v) is 4.04. The number of carbonyl (C=O) groups excluding carboxylic acids is 1. The standard InChI is InChI=1S/C22H27N3O3S/c1-24(2)12-13-25(21(26)11-10-16-8-6-5-7-9-16)22-23-17-14-18(27-3)19(28-4)15-20(17)29-22/h5-9,14-15H,10-13H2,1-4H3. The second-order valence-electron chi connectivity index (χ2n) is 7.01. The Morgan fingerprint density at radius 1 is 1.03 bits per heavy atom. The lowest BCUT2D eigenvalue weighted by Crippen LogP contribution is -2.36. The summed E-state index contributed by atoms with van der Waals surface area (Å²) in [6.07, 6.45) is 1.16. The molecule has 0 saturated carbocycles. The number of amides is 1. The van der Waals surface area contributed by atoms with Gasteiger partial charge in [-0.3, -0.25) is 9.69 Å². The highest BCUT2D eigenvalue weighted by molar-refractivity contribution is 7.22. The van der Waals surface area contributed by atoms with Crippen LogP contribution in [0.4, 0.5) is 5.13 Å². The van der Waals surface area contributed by atoms with E-state index in [1.165, 1.54) is 11.3 Å². The summed E-state index contributed by atoms with van der Waals surface area (Å²) in [6.45, 7) is 1.36.